The molecule has 7 atom stereocenters. The van der Waals surface area contributed by atoms with Crippen molar-refractivity contribution < 1.29 is 50.0 Å². The molecule has 2 aromatic rings. The van der Waals surface area contributed by atoms with Crippen LogP contribution in [-0.4, -0.2) is 72.4 Å². The third-order valence-electron chi connectivity index (χ3n) is 6.21. The molecule has 3 rings (SSSR count). The van der Waals surface area contributed by atoms with Gasteiger partial charge in [0.2, 0.25) is 6.29 Å². The van der Waals surface area contributed by atoms with Gasteiger partial charge in [-0.05, 0) is 60.1 Å². The fraction of sp³-hybridized carbons (Fsp3) is 0.458. The molecule has 0 amide bonds. The van der Waals surface area contributed by atoms with Crippen molar-refractivity contribution >= 4 is 5.97 Å². The number of carbonyl (C=O) groups is 1. The van der Waals surface area contributed by atoms with Crippen molar-refractivity contribution in [1.29, 1.82) is 0 Å². The maximum Gasteiger partial charge on any atom is 0.335 e. The van der Waals surface area contributed by atoms with Gasteiger partial charge in [-0.25, -0.2) is 4.79 Å². The van der Waals surface area contributed by atoms with E-state index in [0.717, 1.165) is 11.1 Å². The van der Waals surface area contributed by atoms with Gasteiger partial charge >= 0.3 is 5.97 Å². The molecule has 7 N–H and O–H groups in total. The summed E-state index contributed by atoms with van der Waals surface area (Å²) in [6.45, 7) is 4.10. The van der Waals surface area contributed by atoms with Crippen molar-refractivity contribution in [3.63, 3.8) is 0 Å². The lowest BCUT2D eigenvalue weighted by Crippen LogP contribution is -2.61. The van der Waals surface area contributed by atoms with Crippen molar-refractivity contribution in [2.75, 3.05) is 0 Å². The second-order valence-corrected chi connectivity index (χ2v) is 8.84. The lowest BCUT2D eigenvalue weighted by molar-refractivity contribution is -0.271. The molecule has 1 aliphatic heterocycles. The van der Waals surface area contributed by atoms with Crippen molar-refractivity contribution in [2.24, 2.45) is 11.8 Å². The Kier molecular flexibility index (Phi) is 7.88. The summed E-state index contributed by atoms with van der Waals surface area (Å²) in [5.74, 6) is -1.87. The Morgan fingerprint density at radius 3 is 1.97 bits per heavy atom. The van der Waals surface area contributed by atoms with Crippen molar-refractivity contribution in [1.82, 2.24) is 0 Å². The molecular formula is C24H30O10. The normalized spacial score (nSPS) is 26.6. The van der Waals surface area contributed by atoms with E-state index in [2.05, 4.69) is 6.92 Å². The van der Waals surface area contributed by atoms with Gasteiger partial charge in [0.05, 0.1) is 0 Å². The van der Waals surface area contributed by atoms with Gasteiger partial charge in [-0.1, -0.05) is 26.0 Å². The molecule has 0 unspecified atom stereocenters. The number of phenols is 3. The summed E-state index contributed by atoms with van der Waals surface area (Å²) in [5.41, 5.74) is 1.67. The van der Waals surface area contributed by atoms with E-state index in [1.165, 1.54) is 24.3 Å². The molecule has 1 fully saturated rings. The number of carboxylic acid groups (broad SMARTS) is 1. The fourth-order valence-corrected chi connectivity index (χ4v) is 3.90. The zero-order valence-electron chi connectivity index (χ0n) is 18.8. The minimum absolute atomic E-state index is 0.0717. The second-order valence-electron chi connectivity index (χ2n) is 8.84. The number of carboxylic acids is 1. The van der Waals surface area contributed by atoms with Crippen molar-refractivity contribution in [2.45, 2.75) is 57.4 Å². The van der Waals surface area contributed by atoms with Gasteiger partial charge in [0.1, 0.15) is 18.3 Å². The third-order valence-corrected chi connectivity index (χ3v) is 6.21. The van der Waals surface area contributed by atoms with E-state index in [1.54, 1.807) is 12.1 Å². The Morgan fingerprint density at radius 2 is 1.41 bits per heavy atom. The van der Waals surface area contributed by atoms with Gasteiger partial charge in [0, 0.05) is 0 Å². The zero-order valence-corrected chi connectivity index (χ0v) is 18.8. The number of hydrogen-bond acceptors (Lipinski definition) is 9. The van der Waals surface area contributed by atoms with Gasteiger partial charge in [-0.2, -0.15) is 0 Å². The standard InChI is InChI=1S/C24H30O10/c1-11(7-13-3-5-15(25)17(27)9-13)12(2)8-14-4-6-16(26)18(10-14)33-24-21(30)19(28)20(29)22(34-24)23(31)32/h3-6,9-12,19-22,24-30H,7-8H2,1-2H3,(H,31,32)/t11-,12+,19-,20-,21+,22-,24+/m0/s1. The molecule has 0 saturated carbocycles. The molecule has 10 nitrogen and oxygen atoms in total. The average Bonchev–Trinajstić information content (AvgIpc) is 2.78. The number of aromatic hydroxyl groups is 3. The number of aliphatic carboxylic acids is 1. The second kappa shape index (κ2) is 10.5. The summed E-state index contributed by atoms with van der Waals surface area (Å²) >= 11 is 0. The van der Waals surface area contributed by atoms with Crippen molar-refractivity contribution in [3.05, 3.63) is 47.5 Å². The number of phenolic OH excluding ortho intramolecular Hbond substituents is 3. The first-order chi connectivity index (χ1) is 16.0. The maximum atomic E-state index is 11.3. The van der Waals surface area contributed by atoms with E-state index < -0.39 is 36.7 Å². The number of aliphatic hydroxyl groups is 3. The Hall–Kier alpha value is -3.05. The Balaban J connectivity index is 1.69. The maximum absolute atomic E-state index is 11.3. The van der Waals surface area contributed by atoms with Crippen LogP contribution < -0.4 is 4.74 Å². The van der Waals surface area contributed by atoms with Crippen LogP contribution in [-0.2, 0) is 22.4 Å². The molecule has 0 aromatic heterocycles. The summed E-state index contributed by atoms with van der Waals surface area (Å²) in [5, 5.41) is 68.4. The molecule has 10 heteroatoms. The minimum Gasteiger partial charge on any atom is -0.504 e. The predicted molar refractivity (Wildman–Crippen MR) is 119 cm³/mol. The molecular weight excluding hydrogens is 448 g/mol. The van der Waals surface area contributed by atoms with Crippen molar-refractivity contribution in [3.8, 4) is 23.0 Å². The number of hydrogen-bond donors (Lipinski definition) is 7. The van der Waals surface area contributed by atoms with E-state index in [1.807, 2.05) is 6.92 Å². The molecule has 0 aliphatic carbocycles. The molecule has 2 aromatic carbocycles. The highest BCUT2D eigenvalue weighted by Crippen LogP contribution is 2.33. The highest BCUT2D eigenvalue weighted by Gasteiger charge is 2.48. The monoisotopic (exact) mass is 478 g/mol. The van der Waals surface area contributed by atoms with E-state index in [9.17, 15) is 40.5 Å². The lowest BCUT2D eigenvalue weighted by Gasteiger charge is -2.38. The van der Waals surface area contributed by atoms with Crippen LogP contribution in [0, 0.1) is 11.8 Å². The highest BCUT2D eigenvalue weighted by atomic mass is 16.7. The molecule has 186 valence electrons. The van der Waals surface area contributed by atoms with Crippen LogP contribution in [0.3, 0.4) is 0 Å². The smallest absolute Gasteiger partial charge is 0.335 e. The van der Waals surface area contributed by atoms with Gasteiger partial charge in [-0.3, -0.25) is 0 Å². The SMILES string of the molecule is C[C@H](Cc1ccc(O)c(O[C@@H]2O[C@H](C(=O)O)[C@@H](O)[C@H](O)[C@H]2O)c1)[C@@H](C)Cc1ccc(O)c(O)c1. The molecule has 1 aliphatic rings. The first kappa shape index (κ1) is 25.6. The Labute approximate surface area is 196 Å². The molecule has 1 heterocycles. The van der Waals surface area contributed by atoms with Crippen LogP contribution in [0.15, 0.2) is 36.4 Å². The molecule has 0 spiro atoms. The molecule has 0 radical (unpaired) electrons. The molecule has 0 bridgehead atoms. The number of benzene rings is 2. The van der Waals surface area contributed by atoms with Gasteiger partial charge in [-0.15, -0.1) is 0 Å². The molecule has 1 saturated heterocycles. The van der Waals surface area contributed by atoms with E-state index in [-0.39, 0.29) is 34.8 Å². The number of rotatable bonds is 8. The summed E-state index contributed by atoms with van der Waals surface area (Å²) in [6.07, 6.45) is -7.58. The van der Waals surface area contributed by atoms with Crippen LogP contribution in [0.5, 0.6) is 23.0 Å². The third kappa shape index (κ3) is 5.71. The topological polar surface area (TPSA) is 177 Å². The van der Waals surface area contributed by atoms with Crippen LogP contribution in [0.4, 0.5) is 0 Å². The summed E-state index contributed by atoms with van der Waals surface area (Å²) < 4.78 is 10.6. The van der Waals surface area contributed by atoms with Crippen LogP contribution >= 0.6 is 0 Å². The first-order valence-corrected chi connectivity index (χ1v) is 10.9. The Morgan fingerprint density at radius 1 is 0.853 bits per heavy atom. The highest BCUT2D eigenvalue weighted by molar-refractivity contribution is 5.73. The zero-order chi connectivity index (χ0) is 25.2. The summed E-state index contributed by atoms with van der Waals surface area (Å²) in [6, 6.07) is 9.35. The number of ether oxygens (including phenoxy) is 2. The van der Waals surface area contributed by atoms with Crippen LogP contribution in [0.25, 0.3) is 0 Å². The van der Waals surface area contributed by atoms with Gasteiger partial charge in [0.25, 0.3) is 0 Å². The van der Waals surface area contributed by atoms with Crippen LogP contribution in [0.1, 0.15) is 25.0 Å². The average molecular weight is 478 g/mol. The first-order valence-electron chi connectivity index (χ1n) is 10.9. The van der Waals surface area contributed by atoms with E-state index >= 15 is 0 Å². The predicted octanol–water partition coefficient (Wildman–Crippen LogP) is 1.13. The van der Waals surface area contributed by atoms with Gasteiger partial charge < -0.3 is 45.2 Å². The molecule has 34 heavy (non-hydrogen) atoms. The minimum atomic E-state index is -1.84. The Bertz CT molecular complexity index is 1010. The summed E-state index contributed by atoms with van der Waals surface area (Å²) in [7, 11) is 0. The quantitative estimate of drug-likeness (QED) is 0.272. The van der Waals surface area contributed by atoms with Gasteiger partial charge in [0.15, 0.2) is 29.1 Å². The lowest BCUT2D eigenvalue weighted by atomic mass is 9.85. The van der Waals surface area contributed by atoms with E-state index in [0.29, 0.717) is 12.8 Å². The fourth-order valence-electron chi connectivity index (χ4n) is 3.90. The number of aliphatic hydroxyl groups excluding tert-OH is 3. The van der Waals surface area contributed by atoms with Crippen LogP contribution in [0.2, 0.25) is 0 Å². The summed E-state index contributed by atoms with van der Waals surface area (Å²) in [4.78, 5) is 11.3. The largest absolute Gasteiger partial charge is 0.504 e. The van der Waals surface area contributed by atoms with E-state index in [4.69, 9.17) is 9.47 Å².